The number of aliphatic carboxylic acids is 1. The first-order valence-corrected chi connectivity index (χ1v) is 5.95. The average molecular weight is 265 g/mol. The molecule has 19 heavy (non-hydrogen) atoms. The van der Waals surface area contributed by atoms with Gasteiger partial charge in [-0.1, -0.05) is 30.4 Å². The molecular formula is C14H12NNaO3. The number of carboxylic acid groups (broad SMARTS) is 1. The van der Waals surface area contributed by atoms with Crippen LogP contribution in [0.25, 0.3) is 0 Å². The second-order valence-electron chi connectivity index (χ2n) is 4.69. The van der Waals surface area contributed by atoms with Crippen LogP contribution in [0.1, 0.15) is 16.8 Å². The third-order valence-corrected chi connectivity index (χ3v) is 3.65. The number of hydrogen-bond acceptors (Lipinski definition) is 3. The average Bonchev–Trinajstić information content (AvgIpc) is 2.99. The molecule has 3 atom stereocenters. The fourth-order valence-electron chi connectivity index (χ4n) is 2.86. The maximum atomic E-state index is 12.4. The summed E-state index contributed by atoms with van der Waals surface area (Å²) in [5.41, 5.74) is 0.518. The van der Waals surface area contributed by atoms with E-state index in [0.717, 1.165) is 0 Å². The minimum atomic E-state index is -1.17. The Morgan fingerprint density at radius 3 is 2.47 bits per heavy atom. The quantitative estimate of drug-likeness (QED) is 0.429. The zero-order valence-corrected chi connectivity index (χ0v) is 12.7. The van der Waals surface area contributed by atoms with Crippen LogP contribution >= 0.6 is 0 Å². The minimum Gasteiger partial charge on any atom is -0.548 e. The molecule has 0 unspecified atom stereocenters. The fraction of sp³-hybridized carbons (Fsp3) is 0.286. The molecule has 0 spiro atoms. The van der Waals surface area contributed by atoms with Gasteiger partial charge in [0.05, 0.1) is 18.1 Å². The molecule has 0 radical (unpaired) electrons. The third kappa shape index (κ3) is 2.36. The molecule has 1 fully saturated rings. The number of carboxylic acids is 1. The van der Waals surface area contributed by atoms with Gasteiger partial charge in [0.15, 0.2) is 0 Å². The van der Waals surface area contributed by atoms with Crippen LogP contribution in [-0.4, -0.2) is 28.9 Å². The molecule has 0 aromatic heterocycles. The van der Waals surface area contributed by atoms with Gasteiger partial charge in [-0.15, -0.1) is 0 Å². The summed E-state index contributed by atoms with van der Waals surface area (Å²) in [7, 11) is 0. The van der Waals surface area contributed by atoms with Crippen molar-refractivity contribution in [3.8, 4) is 0 Å². The molecule has 3 rings (SSSR count). The van der Waals surface area contributed by atoms with E-state index in [1.165, 1.54) is 4.90 Å². The molecule has 1 aliphatic heterocycles. The van der Waals surface area contributed by atoms with Gasteiger partial charge >= 0.3 is 29.6 Å². The van der Waals surface area contributed by atoms with E-state index in [-0.39, 0.29) is 47.4 Å². The Balaban J connectivity index is 0.00000133. The van der Waals surface area contributed by atoms with Gasteiger partial charge in [0.1, 0.15) is 0 Å². The monoisotopic (exact) mass is 265 g/mol. The van der Waals surface area contributed by atoms with Gasteiger partial charge in [-0.05, 0) is 18.6 Å². The van der Waals surface area contributed by atoms with E-state index in [1.807, 2.05) is 18.2 Å². The first kappa shape index (κ1) is 14.3. The smallest absolute Gasteiger partial charge is 0.548 e. The summed E-state index contributed by atoms with van der Waals surface area (Å²) in [6.45, 7) is 0. The van der Waals surface area contributed by atoms with Crippen molar-refractivity contribution in [2.45, 2.75) is 18.5 Å². The van der Waals surface area contributed by atoms with Crippen molar-refractivity contribution in [2.24, 2.45) is 5.92 Å². The van der Waals surface area contributed by atoms with E-state index in [2.05, 4.69) is 0 Å². The summed E-state index contributed by atoms with van der Waals surface area (Å²) in [5.74, 6) is -1.51. The van der Waals surface area contributed by atoms with E-state index in [4.69, 9.17) is 0 Å². The van der Waals surface area contributed by atoms with Crippen LogP contribution in [0.4, 0.5) is 0 Å². The van der Waals surface area contributed by atoms with Crippen LogP contribution in [0.15, 0.2) is 42.5 Å². The second-order valence-corrected chi connectivity index (χ2v) is 4.69. The number of benzene rings is 1. The number of likely N-dealkylation sites (tertiary alicyclic amines) is 1. The molecule has 1 aromatic rings. The van der Waals surface area contributed by atoms with Crippen molar-refractivity contribution >= 4 is 11.9 Å². The molecule has 1 saturated heterocycles. The molecular weight excluding hydrogens is 253 g/mol. The maximum Gasteiger partial charge on any atom is 1.00 e. The van der Waals surface area contributed by atoms with Gasteiger partial charge in [-0.2, -0.15) is 0 Å². The molecule has 92 valence electrons. The normalized spacial score (nSPS) is 27.2. The van der Waals surface area contributed by atoms with Gasteiger partial charge in [0, 0.05) is 11.5 Å². The first-order chi connectivity index (χ1) is 8.68. The number of rotatable bonds is 2. The predicted octanol–water partition coefficient (Wildman–Crippen LogP) is -2.79. The summed E-state index contributed by atoms with van der Waals surface area (Å²) in [6.07, 6.45) is 4.47. The molecule has 2 bridgehead atoms. The Kier molecular flexibility index (Phi) is 4.13. The summed E-state index contributed by atoms with van der Waals surface area (Å²) < 4.78 is 0. The van der Waals surface area contributed by atoms with Crippen molar-refractivity contribution in [2.75, 3.05) is 0 Å². The molecule has 0 N–H and O–H groups in total. The largest absolute Gasteiger partial charge is 1.00 e. The van der Waals surface area contributed by atoms with Crippen LogP contribution < -0.4 is 34.7 Å². The third-order valence-electron chi connectivity index (χ3n) is 3.65. The number of carbonyl (C=O) groups is 2. The van der Waals surface area contributed by atoms with Crippen LogP contribution in [0.5, 0.6) is 0 Å². The molecule has 1 aliphatic carbocycles. The summed E-state index contributed by atoms with van der Waals surface area (Å²) in [6, 6.07) is 7.83. The van der Waals surface area contributed by atoms with Gasteiger partial charge < -0.3 is 14.8 Å². The van der Waals surface area contributed by atoms with Crippen LogP contribution in [-0.2, 0) is 4.79 Å². The number of fused-ring (bicyclic) bond motifs is 2. The standard InChI is InChI=1S/C14H13NO3.Na/c16-13(9-4-2-1-3-5-9)15-11-7-6-10(8-11)12(15)14(17)18;/h1-7,10-12H,8H2,(H,17,18);/q;+1/p-1/t10-,11+,12+;/m0./s1. The summed E-state index contributed by atoms with van der Waals surface area (Å²) in [4.78, 5) is 25.0. The Bertz CT molecular complexity index is 529. The van der Waals surface area contributed by atoms with Crippen molar-refractivity contribution in [3.63, 3.8) is 0 Å². The zero-order chi connectivity index (χ0) is 12.7. The number of nitrogens with zero attached hydrogens (tertiary/aromatic N) is 1. The van der Waals surface area contributed by atoms with Crippen LogP contribution in [0.2, 0.25) is 0 Å². The summed E-state index contributed by atoms with van der Waals surface area (Å²) >= 11 is 0. The van der Waals surface area contributed by atoms with Crippen LogP contribution in [0, 0.1) is 5.92 Å². The van der Waals surface area contributed by atoms with Gasteiger partial charge in [-0.3, -0.25) is 4.79 Å². The number of hydrogen-bond donors (Lipinski definition) is 0. The number of carbonyl (C=O) groups excluding carboxylic acids is 2. The number of amides is 1. The van der Waals surface area contributed by atoms with Gasteiger partial charge in [0.25, 0.3) is 5.91 Å². The molecule has 4 nitrogen and oxygen atoms in total. The molecule has 1 amide bonds. The molecule has 0 saturated carbocycles. The van der Waals surface area contributed by atoms with Crippen LogP contribution in [0.3, 0.4) is 0 Å². The van der Waals surface area contributed by atoms with E-state index in [0.29, 0.717) is 12.0 Å². The fourth-order valence-corrected chi connectivity index (χ4v) is 2.86. The van der Waals surface area contributed by atoms with Crippen molar-refractivity contribution < 1.29 is 44.3 Å². The second kappa shape index (κ2) is 5.49. The Labute approximate surface area is 133 Å². The first-order valence-electron chi connectivity index (χ1n) is 5.95. The van der Waals surface area contributed by atoms with Gasteiger partial charge in [0.2, 0.25) is 0 Å². The SMILES string of the molecule is O=C([O-])[C@H]1[C@H]2C=C[C@H](C2)N1C(=O)c1ccccc1.[Na+]. The van der Waals surface area contributed by atoms with Gasteiger partial charge in [-0.25, -0.2) is 0 Å². The van der Waals surface area contributed by atoms with Crippen molar-refractivity contribution in [3.05, 3.63) is 48.0 Å². The van der Waals surface area contributed by atoms with E-state index in [9.17, 15) is 14.7 Å². The predicted molar refractivity (Wildman–Crippen MR) is 62.4 cm³/mol. The Morgan fingerprint density at radius 2 is 1.84 bits per heavy atom. The van der Waals surface area contributed by atoms with E-state index >= 15 is 0 Å². The molecule has 1 heterocycles. The molecule has 1 aromatic carbocycles. The minimum absolute atomic E-state index is 0. The molecule has 2 aliphatic rings. The topological polar surface area (TPSA) is 60.4 Å². The van der Waals surface area contributed by atoms with E-state index in [1.54, 1.807) is 24.3 Å². The maximum absolute atomic E-state index is 12.4. The molecule has 5 heteroatoms. The van der Waals surface area contributed by atoms with E-state index < -0.39 is 12.0 Å². The Hall–Kier alpha value is -1.10. The zero-order valence-electron chi connectivity index (χ0n) is 10.7. The van der Waals surface area contributed by atoms with Crippen molar-refractivity contribution in [1.29, 1.82) is 0 Å². The Morgan fingerprint density at radius 1 is 1.16 bits per heavy atom. The van der Waals surface area contributed by atoms with Crippen molar-refractivity contribution in [1.82, 2.24) is 4.90 Å². The summed E-state index contributed by atoms with van der Waals surface area (Å²) in [5, 5.41) is 11.2.